The van der Waals surface area contributed by atoms with Crippen molar-refractivity contribution in [2.45, 2.75) is 38.4 Å². The molecular weight excluding hydrogens is 437 g/mol. The summed E-state index contributed by atoms with van der Waals surface area (Å²) in [5.41, 5.74) is 4.32. The standard InChI is InChI=1S/C24H20ClF3N4/c25-18-8-4-6-16(12-18)21-13-22-30-20-10-2-1-9-19(20)23(32(22)31-21)29-14-15-5-3-7-17(11-15)24(26,27)28/h3-8,11-13,29H,1-2,9-10,14H2. The third kappa shape index (κ3) is 4.05. The van der Waals surface area contributed by atoms with Crippen LogP contribution in [-0.4, -0.2) is 14.6 Å². The van der Waals surface area contributed by atoms with Crippen molar-refractivity contribution in [3.63, 3.8) is 0 Å². The number of aryl methyl sites for hydroxylation is 1. The SMILES string of the molecule is FC(F)(F)c1cccc(CNc2c3c(nc4cc(-c5cccc(Cl)c5)nn24)CCCC3)c1. The van der Waals surface area contributed by atoms with Crippen molar-refractivity contribution in [1.82, 2.24) is 14.6 Å². The molecule has 32 heavy (non-hydrogen) atoms. The molecule has 0 radical (unpaired) electrons. The molecule has 0 aliphatic heterocycles. The lowest BCUT2D eigenvalue weighted by Crippen LogP contribution is -2.15. The Bertz CT molecular complexity index is 1300. The van der Waals surface area contributed by atoms with Gasteiger partial charge in [-0.15, -0.1) is 0 Å². The second kappa shape index (κ2) is 8.13. The lowest BCUT2D eigenvalue weighted by molar-refractivity contribution is -0.137. The van der Waals surface area contributed by atoms with E-state index in [-0.39, 0.29) is 6.54 Å². The number of alkyl halides is 3. The first kappa shape index (κ1) is 20.8. The van der Waals surface area contributed by atoms with E-state index in [9.17, 15) is 13.2 Å². The maximum absolute atomic E-state index is 13.1. The van der Waals surface area contributed by atoms with E-state index in [0.29, 0.717) is 16.2 Å². The molecule has 1 aliphatic rings. The average molecular weight is 457 g/mol. The molecule has 0 amide bonds. The van der Waals surface area contributed by atoms with Gasteiger partial charge in [0.2, 0.25) is 0 Å². The highest BCUT2D eigenvalue weighted by atomic mass is 35.5. The first-order valence-corrected chi connectivity index (χ1v) is 10.8. The van der Waals surface area contributed by atoms with Gasteiger partial charge in [0.25, 0.3) is 0 Å². The lowest BCUT2D eigenvalue weighted by Gasteiger charge is -2.20. The van der Waals surface area contributed by atoms with E-state index in [1.165, 1.54) is 12.1 Å². The summed E-state index contributed by atoms with van der Waals surface area (Å²) in [5.74, 6) is 0.787. The van der Waals surface area contributed by atoms with Crippen LogP contribution in [0.1, 0.15) is 35.2 Å². The molecule has 0 unspecified atom stereocenters. The van der Waals surface area contributed by atoms with Gasteiger partial charge in [-0.1, -0.05) is 35.9 Å². The Balaban J connectivity index is 1.55. The minimum absolute atomic E-state index is 0.252. The topological polar surface area (TPSA) is 42.2 Å². The van der Waals surface area contributed by atoms with Gasteiger partial charge in [-0.3, -0.25) is 0 Å². The van der Waals surface area contributed by atoms with Crippen LogP contribution in [0.4, 0.5) is 19.0 Å². The van der Waals surface area contributed by atoms with Crippen LogP contribution < -0.4 is 5.32 Å². The fourth-order valence-corrected chi connectivity index (χ4v) is 4.35. The molecule has 8 heteroatoms. The number of nitrogens with zero attached hydrogens (tertiary/aromatic N) is 3. The van der Waals surface area contributed by atoms with Crippen LogP contribution in [0.3, 0.4) is 0 Å². The van der Waals surface area contributed by atoms with Gasteiger partial charge in [-0.25, -0.2) is 4.98 Å². The number of benzene rings is 2. The minimum Gasteiger partial charge on any atom is -0.366 e. The summed E-state index contributed by atoms with van der Waals surface area (Å²) in [4.78, 5) is 4.83. The van der Waals surface area contributed by atoms with Crippen molar-refractivity contribution in [1.29, 1.82) is 0 Å². The molecule has 1 N–H and O–H groups in total. The molecule has 0 saturated carbocycles. The molecule has 4 aromatic rings. The summed E-state index contributed by atoms with van der Waals surface area (Å²) in [6.07, 6.45) is -0.524. The molecular formula is C24H20ClF3N4. The highest BCUT2D eigenvalue weighted by molar-refractivity contribution is 6.30. The molecule has 0 spiro atoms. The molecule has 0 atom stereocenters. The summed E-state index contributed by atoms with van der Waals surface area (Å²) in [6.45, 7) is 0.252. The summed E-state index contributed by atoms with van der Waals surface area (Å²) in [5, 5.41) is 8.73. The third-order valence-electron chi connectivity index (χ3n) is 5.71. The number of hydrogen-bond acceptors (Lipinski definition) is 3. The summed E-state index contributed by atoms with van der Waals surface area (Å²) in [7, 11) is 0. The first-order chi connectivity index (χ1) is 15.4. The molecule has 164 valence electrons. The molecule has 2 aromatic carbocycles. The van der Waals surface area contributed by atoms with Crippen LogP contribution >= 0.6 is 11.6 Å². The lowest BCUT2D eigenvalue weighted by atomic mass is 9.96. The van der Waals surface area contributed by atoms with Crippen molar-refractivity contribution in [3.8, 4) is 11.3 Å². The van der Waals surface area contributed by atoms with Gasteiger partial charge in [0.1, 0.15) is 5.82 Å². The van der Waals surface area contributed by atoms with Crippen LogP contribution in [0.2, 0.25) is 5.02 Å². The number of anilines is 1. The van der Waals surface area contributed by atoms with Crippen molar-refractivity contribution < 1.29 is 13.2 Å². The van der Waals surface area contributed by atoms with Gasteiger partial charge in [0.15, 0.2) is 5.65 Å². The summed E-state index contributed by atoms with van der Waals surface area (Å²) >= 11 is 6.15. The smallest absolute Gasteiger partial charge is 0.366 e. The minimum atomic E-state index is -4.37. The highest BCUT2D eigenvalue weighted by Gasteiger charge is 2.30. The molecule has 5 rings (SSSR count). The quantitative estimate of drug-likeness (QED) is 0.378. The Hall–Kier alpha value is -3.06. The van der Waals surface area contributed by atoms with Crippen molar-refractivity contribution in [3.05, 3.63) is 82.0 Å². The Morgan fingerprint density at radius 3 is 2.62 bits per heavy atom. The highest BCUT2D eigenvalue weighted by Crippen LogP contribution is 2.32. The molecule has 0 fully saturated rings. The average Bonchev–Trinajstić information content (AvgIpc) is 3.20. The van der Waals surface area contributed by atoms with E-state index in [1.807, 2.05) is 24.3 Å². The molecule has 0 bridgehead atoms. The zero-order chi connectivity index (χ0) is 22.3. The number of rotatable bonds is 4. The van der Waals surface area contributed by atoms with E-state index in [1.54, 1.807) is 16.6 Å². The zero-order valence-corrected chi connectivity index (χ0v) is 17.8. The van der Waals surface area contributed by atoms with Gasteiger partial charge in [-0.2, -0.15) is 22.8 Å². The Morgan fingerprint density at radius 2 is 1.81 bits per heavy atom. The monoisotopic (exact) mass is 456 g/mol. The molecule has 2 heterocycles. The van der Waals surface area contributed by atoms with Crippen LogP contribution in [0.15, 0.2) is 54.6 Å². The fraction of sp³-hybridized carbons (Fsp3) is 0.250. The van der Waals surface area contributed by atoms with Crippen molar-refractivity contribution in [2.75, 3.05) is 5.32 Å². The van der Waals surface area contributed by atoms with Gasteiger partial charge < -0.3 is 5.32 Å². The Morgan fingerprint density at radius 1 is 1.00 bits per heavy atom. The fourth-order valence-electron chi connectivity index (χ4n) is 4.16. The van der Waals surface area contributed by atoms with E-state index < -0.39 is 11.7 Å². The third-order valence-corrected chi connectivity index (χ3v) is 5.95. The maximum atomic E-state index is 13.1. The van der Waals surface area contributed by atoms with E-state index in [2.05, 4.69) is 5.32 Å². The maximum Gasteiger partial charge on any atom is 0.416 e. The molecule has 0 saturated heterocycles. The number of hydrogen-bond donors (Lipinski definition) is 1. The molecule has 2 aromatic heterocycles. The second-order valence-electron chi connectivity index (χ2n) is 7.95. The summed E-state index contributed by atoms with van der Waals surface area (Å²) in [6, 6.07) is 14.8. The molecule has 4 nitrogen and oxygen atoms in total. The van der Waals surface area contributed by atoms with Crippen molar-refractivity contribution >= 4 is 23.1 Å². The van der Waals surface area contributed by atoms with Crippen LogP contribution in [0.5, 0.6) is 0 Å². The van der Waals surface area contributed by atoms with Crippen LogP contribution in [-0.2, 0) is 25.6 Å². The van der Waals surface area contributed by atoms with Gasteiger partial charge in [0.05, 0.1) is 11.3 Å². The van der Waals surface area contributed by atoms with Crippen LogP contribution in [0, 0.1) is 0 Å². The van der Waals surface area contributed by atoms with E-state index >= 15 is 0 Å². The number of fused-ring (bicyclic) bond motifs is 2. The molecule has 1 aliphatic carbocycles. The van der Waals surface area contributed by atoms with Gasteiger partial charge >= 0.3 is 6.18 Å². The number of aromatic nitrogens is 3. The predicted molar refractivity (Wildman–Crippen MR) is 119 cm³/mol. The van der Waals surface area contributed by atoms with Gasteiger partial charge in [-0.05, 0) is 55.5 Å². The number of nitrogens with one attached hydrogen (secondary N) is 1. The van der Waals surface area contributed by atoms with Crippen molar-refractivity contribution in [2.24, 2.45) is 0 Å². The normalized spacial score (nSPS) is 13.9. The first-order valence-electron chi connectivity index (χ1n) is 10.5. The van der Waals surface area contributed by atoms with E-state index in [4.69, 9.17) is 21.7 Å². The predicted octanol–water partition coefficient (Wildman–Crippen LogP) is 6.56. The summed E-state index contributed by atoms with van der Waals surface area (Å²) < 4.78 is 41.1. The van der Waals surface area contributed by atoms with Gasteiger partial charge in [0, 0.05) is 34.5 Å². The van der Waals surface area contributed by atoms with Crippen LogP contribution in [0.25, 0.3) is 16.9 Å². The Labute approximate surface area is 188 Å². The Kier molecular flexibility index (Phi) is 5.29. The number of halogens is 4. The zero-order valence-electron chi connectivity index (χ0n) is 17.1. The largest absolute Gasteiger partial charge is 0.416 e. The van der Waals surface area contributed by atoms with E-state index in [0.717, 1.165) is 60.1 Å². The second-order valence-corrected chi connectivity index (χ2v) is 8.39.